The van der Waals surface area contributed by atoms with E-state index in [0.717, 1.165) is 0 Å². The van der Waals surface area contributed by atoms with Crippen molar-refractivity contribution in [3.63, 3.8) is 0 Å². The third kappa shape index (κ3) is 16.9. The lowest BCUT2D eigenvalue weighted by atomic mass is 9.97. The van der Waals surface area contributed by atoms with Crippen molar-refractivity contribution in [2.45, 2.75) is 61.4 Å². The van der Waals surface area contributed by atoms with Crippen LogP contribution in [0.1, 0.15) is 0 Å². The Bertz CT molecular complexity index is 2000. The van der Waals surface area contributed by atoms with Crippen LogP contribution < -0.4 is 0 Å². The molecule has 51 heavy (non-hydrogen) atoms. The van der Waals surface area contributed by atoms with Gasteiger partial charge in [-0.3, -0.25) is 31.9 Å². The molecular formula is C12H22O32S7. The van der Waals surface area contributed by atoms with Gasteiger partial charge in [0.25, 0.3) is 0 Å². The first-order chi connectivity index (χ1) is 22.5. The monoisotopic (exact) mass is 902 g/mol. The zero-order valence-corrected chi connectivity index (χ0v) is 29.1. The van der Waals surface area contributed by atoms with Gasteiger partial charge in [0, 0.05) is 0 Å². The first kappa shape index (κ1) is 46.1. The van der Waals surface area contributed by atoms with Gasteiger partial charge in [0.15, 0.2) is 18.5 Å². The molecule has 2 aliphatic heterocycles. The first-order valence-electron chi connectivity index (χ1n) is 11.7. The number of rotatable bonds is 18. The highest BCUT2D eigenvalue weighted by Crippen LogP contribution is 2.36. The smallest absolute Gasteiger partial charge is 0.387 e. The molecule has 2 saturated heterocycles. The summed E-state index contributed by atoms with van der Waals surface area (Å²) in [5.41, 5.74) is 0. The van der Waals surface area contributed by atoms with Gasteiger partial charge in [0.05, 0.1) is 13.2 Å². The molecule has 2 aliphatic rings. The Hall–Kier alpha value is -1.07. The van der Waals surface area contributed by atoms with Crippen molar-refractivity contribution >= 4 is 72.8 Å². The van der Waals surface area contributed by atoms with Crippen molar-refractivity contribution in [3.8, 4) is 0 Å². The quantitative estimate of drug-likeness (QED) is 0.0593. The van der Waals surface area contributed by atoms with Crippen LogP contribution in [-0.2, 0) is 116 Å². The Balaban J connectivity index is 2.84. The van der Waals surface area contributed by atoms with Gasteiger partial charge in [0.2, 0.25) is 6.29 Å². The third-order valence-corrected chi connectivity index (χ3v) is 8.57. The van der Waals surface area contributed by atoms with E-state index in [9.17, 15) is 77.7 Å². The van der Waals surface area contributed by atoms with Crippen LogP contribution in [-0.4, -0.2) is 171 Å². The van der Waals surface area contributed by atoms with E-state index in [1.165, 1.54) is 0 Å². The lowest BCUT2D eigenvalue weighted by molar-refractivity contribution is -0.343. The maximum Gasteiger partial charge on any atom is 0.399 e. The third-order valence-electron chi connectivity index (χ3n) is 5.41. The van der Waals surface area contributed by atoms with Crippen LogP contribution in [0, 0.1) is 0 Å². The molecule has 32 nitrogen and oxygen atoms in total. The zero-order chi connectivity index (χ0) is 39.8. The summed E-state index contributed by atoms with van der Waals surface area (Å²) in [6, 6.07) is 0. The molecule has 39 heteroatoms. The van der Waals surface area contributed by atoms with Gasteiger partial charge >= 0.3 is 72.8 Å². The lowest BCUT2D eigenvalue weighted by Crippen LogP contribution is -2.67. The summed E-state index contributed by atoms with van der Waals surface area (Å²) in [7, 11) is -40.9. The van der Waals surface area contributed by atoms with Crippen molar-refractivity contribution in [2.24, 2.45) is 0 Å². The van der Waals surface area contributed by atoms with Crippen molar-refractivity contribution in [1.82, 2.24) is 0 Å². The predicted molar refractivity (Wildman–Crippen MR) is 142 cm³/mol. The van der Waals surface area contributed by atoms with Crippen molar-refractivity contribution in [1.29, 1.82) is 0 Å². The van der Waals surface area contributed by atoms with E-state index >= 15 is 0 Å². The van der Waals surface area contributed by atoms with Crippen LogP contribution in [0.5, 0.6) is 0 Å². The van der Waals surface area contributed by atoms with Crippen LogP contribution in [0.3, 0.4) is 0 Å². The molecule has 0 aromatic heterocycles. The van der Waals surface area contributed by atoms with E-state index in [0.29, 0.717) is 0 Å². The van der Waals surface area contributed by atoms with Gasteiger partial charge in [-0.1, -0.05) is 0 Å². The van der Waals surface area contributed by atoms with E-state index in [-0.39, 0.29) is 0 Å². The molecule has 0 bridgehead atoms. The molecule has 2 fully saturated rings. The second kappa shape index (κ2) is 16.3. The molecule has 0 radical (unpaired) electrons. The fraction of sp³-hybridized carbons (Fsp3) is 1.00. The second-order valence-electron chi connectivity index (χ2n) is 9.08. The summed E-state index contributed by atoms with van der Waals surface area (Å²) in [4.78, 5) is 0. The maximum absolute atomic E-state index is 11.7. The topological polar surface area (TPSA) is 493 Å². The van der Waals surface area contributed by atoms with Crippen LogP contribution in [0.25, 0.3) is 0 Å². The highest BCUT2D eigenvalue weighted by atomic mass is 32.3. The SMILES string of the molecule is O=S(=O)(O)OC[C@H]1O[C@@H](OS(=O)(=O)O)[C@H](OS(=O)(=O)O)[C@@H](O)[C@@H]1O[C@H]1O[C@H](COS(=O)(=O)O)[C@@H](OS(=O)(=O)O)[C@H](OS(=O)(=O)O)[C@H]1OS(=O)(=O)O. The average Bonchev–Trinajstić information content (AvgIpc) is 2.84. The molecule has 2 rings (SSSR count). The molecule has 0 aliphatic carbocycles. The van der Waals surface area contributed by atoms with E-state index in [4.69, 9.17) is 32.4 Å². The van der Waals surface area contributed by atoms with E-state index in [2.05, 4.69) is 29.3 Å². The first-order valence-corrected chi connectivity index (χ1v) is 21.2. The molecule has 8 N–H and O–H groups in total. The maximum atomic E-state index is 11.7. The molecule has 2 heterocycles. The van der Waals surface area contributed by atoms with Crippen molar-refractivity contribution in [2.75, 3.05) is 13.2 Å². The van der Waals surface area contributed by atoms with E-state index < -0.39 is 147 Å². The molecule has 10 atom stereocenters. The number of aliphatic hydroxyl groups is 1. The van der Waals surface area contributed by atoms with Crippen LogP contribution in [0.15, 0.2) is 0 Å². The van der Waals surface area contributed by atoms with Gasteiger partial charge in [-0.15, -0.1) is 0 Å². The number of ether oxygens (including phenoxy) is 3. The molecular weight excluding hydrogens is 881 g/mol. The molecule has 304 valence electrons. The van der Waals surface area contributed by atoms with Crippen molar-refractivity contribution in [3.05, 3.63) is 0 Å². The summed E-state index contributed by atoms with van der Waals surface area (Å²) < 4.78 is 267. The normalized spacial score (nSPS) is 32.1. The standard InChI is InChI=1S/C12H22O32S7/c13-5-6(3(1-35-45(14,15)16)38-12(44-51(32,33)34)8(5)41-48(23,24)25)39-11-10(43-50(29,30)31)9(42-49(26,27)28)7(40-47(20,21)22)4(37-11)2-36-46(17,18)19/h3-13H,1-2H2,(H,14,15,16)(H,17,18,19)(H,20,21,22)(H,23,24,25)(H,26,27,28)(H,29,30,31)(H,32,33,34)/t3-,4-,5+,6-,7-,8-,9+,10-,11-,12+/m1/s1. The Morgan fingerprint density at radius 2 is 0.725 bits per heavy atom. The van der Waals surface area contributed by atoms with E-state index in [1.807, 2.05) is 0 Å². The average molecular weight is 903 g/mol. The summed E-state index contributed by atoms with van der Waals surface area (Å²) in [6.45, 7) is -3.56. The fourth-order valence-electron chi connectivity index (χ4n) is 3.97. The molecule has 0 aromatic carbocycles. The molecule has 0 aromatic rings. The van der Waals surface area contributed by atoms with E-state index in [1.54, 1.807) is 0 Å². The highest BCUT2D eigenvalue weighted by Gasteiger charge is 2.58. The minimum Gasteiger partial charge on any atom is -0.387 e. The van der Waals surface area contributed by atoms with Gasteiger partial charge in [0.1, 0.15) is 36.6 Å². The van der Waals surface area contributed by atoms with Gasteiger partial charge in [-0.05, 0) is 0 Å². The molecule has 0 spiro atoms. The van der Waals surface area contributed by atoms with Crippen LogP contribution in [0.2, 0.25) is 0 Å². The fourth-order valence-corrected chi connectivity index (χ4v) is 6.96. The van der Waals surface area contributed by atoms with Gasteiger partial charge in [-0.25, -0.2) is 29.3 Å². The largest absolute Gasteiger partial charge is 0.399 e. The molecule has 0 amide bonds. The minimum atomic E-state index is -6.06. The molecule has 0 unspecified atom stereocenters. The number of hydrogen-bond donors (Lipinski definition) is 8. The van der Waals surface area contributed by atoms with Crippen molar-refractivity contribution < 1.29 is 139 Å². The van der Waals surface area contributed by atoms with Crippen LogP contribution in [0.4, 0.5) is 0 Å². The number of aliphatic hydroxyl groups excluding tert-OH is 1. The number of hydrogen-bond acceptors (Lipinski definition) is 25. The highest BCUT2D eigenvalue weighted by molar-refractivity contribution is 7.82. The Labute approximate surface area is 286 Å². The summed E-state index contributed by atoms with van der Waals surface area (Å²) in [6.07, 6.45) is -29.8. The zero-order valence-electron chi connectivity index (χ0n) is 23.4. The molecule has 0 saturated carbocycles. The summed E-state index contributed by atoms with van der Waals surface area (Å²) in [5, 5.41) is 10.9. The second-order valence-corrected chi connectivity index (χ2v) is 16.5. The Morgan fingerprint density at radius 3 is 1.12 bits per heavy atom. The summed E-state index contributed by atoms with van der Waals surface area (Å²) in [5.74, 6) is 0. The lowest BCUT2D eigenvalue weighted by Gasteiger charge is -2.47. The minimum absolute atomic E-state index is 1.74. The van der Waals surface area contributed by atoms with Gasteiger partial charge < -0.3 is 19.3 Å². The van der Waals surface area contributed by atoms with Crippen LogP contribution >= 0.6 is 0 Å². The Morgan fingerprint density at radius 1 is 0.392 bits per heavy atom. The summed E-state index contributed by atoms with van der Waals surface area (Å²) >= 11 is 0. The predicted octanol–water partition coefficient (Wildman–Crippen LogP) is -6.61. The van der Waals surface area contributed by atoms with Gasteiger partial charge in [-0.2, -0.15) is 58.9 Å². The Kier molecular flexibility index (Phi) is 14.8.